The first kappa shape index (κ1) is 25.9. The molecule has 15 atom stereocenters. The van der Waals surface area contributed by atoms with E-state index in [2.05, 4.69) is 11.8 Å². The highest BCUT2D eigenvalue weighted by atomic mass is 16.5. The van der Waals surface area contributed by atoms with Crippen molar-refractivity contribution in [2.24, 2.45) is 34.5 Å². The fourth-order valence-electron chi connectivity index (χ4n) is 11.4. The predicted octanol–water partition coefficient (Wildman–Crippen LogP) is -1.13. The first-order valence-corrected chi connectivity index (χ1v) is 13.3. The second kappa shape index (κ2) is 8.06. The van der Waals surface area contributed by atoms with Crippen LogP contribution in [0.15, 0.2) is 0 Å². The first-order valence-electron chi connectivity index (χ1n) is 13.3. The minimum Gasteiger partial charge on any atom is -0.392 e. The molecule has 7 bridgehead atoms. The summed E-state index contributed by atoms with van der Waals surface area (Å²) in [6, 6.07) is -0.110. The number of aliphatic hydroxyl groups is 4. The van der Waals surface area contributed by atoms with E-state index in [1.165, 1.54) is 7.11 Å². The summed E-state index contributed by atoms with van der Waals surface area (Å²) in [5.41, 5.74) is -4.05. The van der Waals surface area contributed by atoms with Gasteiger partial charge in [0.2, 0.25) is 0 Å². The number of methoxy groups -OCH3 is 5. The minimum absolute atomic E-state index is 0.110. The molecule has 1 aliphatic heterocycles. The quantitative estimate of drug-likeness (QED) is 0.332. The monoisotopic (exact) mass is 513 g/mol. The Morgan fingerprint density at radius 1 is 0.944 bits per heavy atom. The Kier molecular flexibility index (Phi) is 5.79. The molecule has 0 aromatic rings. The fourth-order valence-corrected chi connectivity index (χ4v) is 11.4. The zero-order chi connectivity index (χ0) is 26.0. The SMILES string of the molecule is CCN1C[C@]2(COC)C(O)CC(OC)[C@@]34[C@@H]5C[C@]6(O)C(OC)C(O)[C@@](OC)([C@H]5C6O)[C@@H](C(OC)[C@H]23)[C@@H]14. The fraction of sp³-hybridized carbons (Fsp3) is 1.00. The van der Waals surface area contributed by atoms with Gasteiger partial charge in [-0.05, 0) is 18.9 Å². The van der Waals surface area contributed by atoms with Gasteiger partial charge in [-0.25, -0.2) is 0 Å². The number of aliphatic hydroxyl groups excluding tert-OH is 3. The molecular formula is C26H43NO9. The Bertz CT molecular complexity index is 893. The molecule has 36 heavy (non-hydrogen) atoms. The third kappa shape index (κ3) is 2.38. The van der Waals surface area contributed by atoms with Gasteiger partial charge in [-0.1, -0.05) is 6.92 Å². The van der Waals surface area contributed by atoms with Crippen LogP contribution >= 0.6 is 0 Å². The van der Waals surface area contributed by atoms with Crippen molar-refractivity contribution in [1.82, 2.24) is 4.90 Å². The van der Waals surface area contributed by atoms with Crippen LogP contribution in [0.3, 0.4) is 0 Å². The summed E-state index contributed by atoms with van der Waals surface area (Å²) in [6.07, 6.45) is -4.10. The highest BCUT2D eigenvalue weighted by Gasteiger charge is 2.90. The zero-order valence-corrected chi connectivity index (χ0v) is 22.2. The van der Waals surface area contributed by atoms with Crippen LogP contribution < -0.4 is 0 Å². The first-order chi connectivity index (χ1) is 17.2. The largest absolute Gasteiger partial charge is 0.392 e. The predicted molar refractivity (Wildman–Crippen MR) is 126 cm³/mol. The number of hydrogen-bond acceptors (Lipinski definition) is 10. The topological polar surface area (TPSA) is 130 Å². The summed E-state index contributed by atoms with van der Waals surface area (Å²) in [5.74, 6) is -1.36. The van der Waals surface area contributed by atoms with Gasteiger partial charge in [0.05, 0.1) is 31.0 Å². The lowest BCUT2D eigenvalue weighted by molar-refractivity contribution is -0.326. The summed E-state index contributed by atoms with van der Waals surface area (Å²) in [6.45, 7) is 3.79. The highest BCUT2D eigenvalue weighted by molar-refractivity contribution is 5.40. The van der Waals surface area contributed by atoms with Gasteiger partial charge in [-0.15, -0.1) is 0 Å². The summed E-state index contributed by atoms with van der Waals surface area (Å²) in [7, 11) is 8.09. The van der Waals surface area contributed by atoms with Crippen LogP contribution in [0, 0.1) is 34.5 Å². The van der Waals surface area contributed by atoms with Crippen molar-refractivity contribution in [1.29, 1.82) is 0 Å². The molecule has 0 aromatic carbocycles. The number of fused-ring (bicyclic) bond motifs is 2. The van der Waals surface area contributed by atoms with Gasteiger partial charge in [-0.2, -0.15) is 0 Å². The summed E-state index contributed by atoms with van der Waals surface area (Å²) < 4.78 is 30.6. The molecule has 0 amide bonds. The second-order valence-electron chi connectivity index (χ2n) is 12.3. The molecule has 5 saturated carbocycles. The lowest BCUT2D eigenvalue weighted by Gasteiger charge is -2.70. The van der Waals surface area contributed by atoms with Crippen LogP contribution in [0.2, 0.25) is 0 Å². The molecule has 0 radical (unpaired) electrons. The number of nitrogens with zero attached hydrogens (tertiary/aromatic N) is 1. The van der Waals surface area contributed by atoms with Crippen LogP contribution in [0.25, 0.3) is 0 Å². The molecule has 1 saturated heterocycles. The minimum atomic E-state index is -1.63. The van der Waals surface area contributed by atoms with Gasteiger partial charge in [-0.3, -0.25) is 4.90 Å². The van der Waals surface area contributed by atoms with E-state index in [1.807, 2.05) is 0 Å². The van der Waals surface area contributed by atoms with Gasteiger partial charge in [0, 0.05) is 83.1 Å². The smallest absolute Gasteiger partial charge is 0.120 e. The van der Waals surface area contributed by atoms with E-state index >= 15 is 0 Å². The molecule has 6 rings (SSSR count). The Morgan fingerprint density at radius 3 is 2.22 bits per heavy atom. The van der Waals surface area contributed by atoms with Gasteiger partial charge in [0.15, 0.2) is 0 Å². The number of ether oxygens (including phenoxy) is 5. The summed E-state index contributed by atoms with van der Waals surface area (Å²) in [4.78, 5) is 2.39. The molecular weight excluding hydrogens is 470 g/mol. The summed E-state index contributed by atoms with van der Waals surface area (Å²) in [5, 5.41) is 47.5. The maximum absolute atomic E-state index is 12.0. The molecule has 6 aliphatic rings. The Morgan fingerprint density at radius 2 is 1.67 bits per heavy atom. The van der Waals surface area contributed by atoms with Crippen molar-refractivity contribution in [2.75, 3.05) is 55.2 Å². The molecule has 1 heterocycles. The van der Waals surface area contributed by atoms with E-state index in [0.717, 1.165) is 0 Å². The average Bonchev–Trinajstić information content (AvgIpc) is 3.21. The van der Waals surface area contributed by atoms with Gasteiger partial charge < -0.3 is 44.1 Å². The normalized spacial score (nSPS) is 61.0. The van der Waals surface area contributed by atoms with Crippen LogP contribution in [-0.2, 0) is 23.7 Å². The van der Waals surface area contributed by atoms with Crippen LogP contribution in [0.5, 0.6) is 0 Å². The van der Waals surface area contributed by atoms with Crippen molar-refractivity contribution >= 4 is 0 Å². The van der Waals surface area contributed by atoms with E-state index in [4.69, 9.17) is 23.7 Å². The molecule has 206 valence electrons. The number of rotatable bonds is 7. The van der Waals surface area contributed by atoms with Crippen LogP contribution in [0.4, 0.5) is 0 Å². The molecule has 6 unspecified atom stereocenters. The second-order valence-corrected chi connectivity index (χ2v) is 12.3. The van der Waals surface area contributed by atoms with Crippen LogP contribution in [-0.4, -0.2) is 134 Å². The molecule has 5 aliphatic carbocycles. The lowest BCUT2D eigenvalue weighted by Crippen LogP contribution is -2.81. The molecule has 10 heteroatoms. The van der Waals surface area contributed by atoms with Gasteiger partial charge in [0.1, 0.15) is 23.4 Å². The average molecular weight is 514 g/mol. The van der Waals surface area contributed by atoms with Crippen molar-refractivity contribution in [3.8, 4) is 0 Å². The molecule has 6 fully saturated rings. The number of piperidine rings is 1. The Balaban J connectivity index is 1.70. The van der Waals surface area contributed by atoms with Crippen molar-refractivity contribution in [3.05, 3.63) is 0 Å². The van der Waals surface area contributed by atoms with E-state index < -0.39 is 58.5 Å². The molecule has 1 spiro atoms. The van der Waals surface area contributed by atoms with E-state index in [0.29, 0.717) is 26.1 Å². The molecule has 0 aromatic heterocycles. The van der Waals surface area contributed by atoms with E-state index in [-0.39, 0.29) is 36.3 Å². The number of likely N-dealkylation sites (tertiary alicyclic amines) is 1. The highest BCUT2D eigenvalue weighted by Crippen LogP contribution is 2.80. The molecule has 10 nitrogen and oxygen atoms in total. The van der Waals surface area contributed by atoms with Crippen molar-refractivity contribution in [2.45, 2.75) is 73.6 Å². The number of hydrogen-bond donors (Lipinski definition) is 4. The Hall–Kier alpha value is -0.400. The lowest BCUT2D eigenvalue weighted by atomic mass is 9.42. The maximum Gasteiger partial charge on any atom is 0.120 e. The third-order valence-electron chi connectivity index (χ3n) is 12.0. The van der Waals surface area contributed by atoms with E-state index in [9.17, 15) is 20.4 Å². The van der Waals surface area contributed by atoms with Gasteiger partial charge >= 0.3 is 0 Å². The van der Waals surface area contributed by atoms with Crippen LogP contribution in [0.1, 0.15) is 19.8 Å². The Labute approximate surface area is 212 Å². The van der Waals surface area contributed by atoms with Gasteiger partial charge in [0.25, 0.3) is 0 Å². The molecule has 4 N–H and O–H groups in total. The van der Waals surface area contributed by atoms with E-state index in [1.54, 1.807) is 28.4 Å². The van der Waals surface area contributed by atoms with Crippen molar-refractivity contribution in [3.63, 3.8) is 0 Å². The van der Waals surface area contributed by atoms with Crippen molar-refractivity contribution < 1.29 is 44.1 Å². The standard InChI is InChI=1S/C26H43NO9/c1-7-27-10-23(11-32-2)13(28)8-14(33-3)25-12-9-24(31)20(29)15(12)26(36-6,21(30)22(24)35-5)16(19(25)27)17(34-4)18(23)25/h12-22,28-31H,7-11H2,1-6H3/t12-,13?,14?,15-,16+,17?,18-,19-,20?,21?,22?,23+,24-,25+,26-/m1/s1. The zero-order valence-electron chi connectivity index (χ0n) is 22.2. The third-order valence-corrected chi connectivity index (χ3v) is 12.0. The summed E-state index contributed by atoms with van der Waals surface area (Å²) >= 11 is 0. The maximum atomic E-state index is 12.0.